The van der Waals surface area contributed by atoms with Crippen molar-refractivity contribution in [1.82, 2.24) is 26.1 Å². The van der Waals surface area contributed by atoms with Gasteiger partial charge in [-0.3, -0.25) is 44.4 Å². The van der Waals surface area contributed by atoms with E-state index in [0.29, 0.717) is 17.4 Å². The lowest BCUT2D eigenvalue weighted by Crippen LogP contribution is -2.54. The first-order valence-electron chi connectivity index (χ1n) is 13.6. The lowest BCUT2D eigenvalue weighted by molar-refractivity contribution is -0.136. The van der Waals surface area contributed by atoms with Crippen molar-refractivity contribution >= 4 is 64.0 Å². The number of fused-ring (bicyclic) bond motifs is 2. The molecule has 2 aliphatic heterocycles. The standard InChI is InChI=1S/C28H28N6O9S/c35-21-9-8-19(25(38)32-21)34-26(39)16-4-3-6-18(24(16)27(34)40)30-22(36)14-42-13-12-41-11-10-29-33-23(37)15-44-28-31-17-5-1-2-7-20(17)43-28/h1-7,19,29H,8-15H2,(H,30,36)(H,33,37)(H,32,35,38). The Kier molecular flexibility index (Phi) is 9.96. The van der Waals surface area contributed by atoms with Gasteiger partial charge in [0.25, 0.3) is 17.0 Å². The van der Waals surface area contributed by atoms with E-state index in [2.05, 4.69) is 26.5 Å². The monoisotopic (exact) mass is 624 g/mol. The quantitative estimate of drug-likeness (QED) is 0.0845. The molecule has 0 bridgehead atoms. The molecular formula is C28H28N6O9S. The summed E-state index contributed by atoms with van der Waals surface area (Å²) in [5, 5.41) is 5.12. The predicted molar refractivity (Wildman–Crippen MR) is 154 cm³/mol. The van der Waals surface area contributed by atoms with Crippen LogP contribution in [0.25, 0.3) is 11.1 Å². The van der Waals surface area contributed by atoms with Gasteiger partial charge in [-0.05, 0) is 30.7 Å². The second kappa shape index (κ2) is 14.2. The summed E-state index contributed by atoms with van der Waals surface area (Å²) in [6.45, 7) is 0.559. The summed E-state index contributed by atoms with van der Waals surface area (Å²) in [6.07, 6.45) is 0.0317. The van der Waals surface area contributed by atoms with Crippen LogP contribution in [0.4, 0.5) is 5.69 Å². The van der Waals surface area contributed by atoms with Gasteiger partial charge in [0, 0.05) is 13.0 Å². The molecule has 230 valence electrons. The molecule has 4 N–H and O–H groups in total. The van der Waals surface area contributed by atoms with Crippen molar-refractivity contribution in [2.75, 3.05) is 44.0 Å². The Morgan fingerprint density at radius 3 is 2.64 bits per heavy atom. The molecule has 0 saturated carbocycles. The van der Waals surface area contributed by atoms with Crippen LogP contribution in [0.2, 0.25) is 0 Å². The summed E-state index contributed by atoms with van der Waals surface area (Å²) < 4.78 is 16.3. The lowest BCUT2D eigenvalue weighted by atomic mass is 10.0. The fourth-order valence-electron chi connectivity index (χ4n) is 4.55. The van der Waals surface area contributed by atoms with Crippen molar-refractivity contribution in [2.24, 2.45) is 0 Å². The van der Waals surface area contributed by atoms with Gasteiger partial charge in [0.2, 0.25) is 23.6 Å². The minimum atomic E-state index is -1.11. The van der Waals surface area contributed by atoms with E-state index < -0.39 is 35.6 Å². The smallest absolute Gasteiger partial charge is 0.264 e. The molecule has 1 saturated heterocycles. The highest BCUT2D eigenvalue weighted by Crippen LogP contribution is 2.32. The topological polar surface area (TPSA) is 198 Å². The number of hydrogen-bond donors (Lipinski definition) is 4. The van der Waals surface area contributed by atoms with Crippen LogP contribution in [0.1, 0.15) is 33.6 Å². The van der Waals surface area contributed by atoms with Gasteiger partial charge in [-0.2, -0.15) is 0 Å². The molecule has 0 spiro atoms. The van der Waals surface area contributed by atoms with Crippen LogP contribution in [0.15, 0.2) is 52.1 Å². The molecule has 1 unspecified atom stereocenters. The fourth-order valence-corrected chi connectivity index (χ4v) is 5.19. The molecule has 1 atom stereocenters. The average molecular weight is 625 g/mol. The third-order valence-corrected chi connectivity index (χ3v) is 7.38. The number of amides is 6. The molecule has 1 fully saturated rings. The first-order chi connectivity index (χ1) is 21.3. The molecule has 1 aromatic heterocycles. The molecule has 3 heterocycles. The number of nitrogens with one attached hydrogen (secondary N) is 4. The summed E-state index contributed by atoms with van der Waals surface area (Å²) in [5.74, 6) is -3.28. The number of para-hydroxylation sites is 2. The van der Waals surface area contributed by atoms with Crippen LogP contribution in [-0.2, 0) is 28.7 Å². The molecule has 44 heavy (non-hydrogen) atoms. The molecule has 5 rings (SSSR count). The highest BCUT2D eigenvalue weighted by Gasteiger charge is 2.45. The number of thioether (sulfide) groups is 1. The van der Waals surface area contributed by atoms with E-state index in [9.17, 15) is 28.8 Å². The van der Waals surface area contributed by atoms with Gasteiger partial charge in [0.15, 0.2) is 5.58 Å². The summed E-state index contributed by atoms with van der Waals surface area (Å²) in [5.41, 5.74) is 6.83. The van der Waals surface area contributed by atoms with Crippen LogP contribution >= 0.6 is 11.8 Å². The van der Waals surface area contributed by atoms with Gasteiger partial charge in [-0.1, -0.05) is 30.0 Å². The number of hydrazine groups is 1. The lowest BCUT2D eigenvalue weighted by Gasteiger charge is -2.27. The van der Waals surface area contributed by atoms with E-state index in [1.165, 1.54) is 30.0 Å². The molecule has 2 aliphatic rings. The SMILES string of the molecule is O=C(CSc1nc2ccccc2o1)NNCCOCCOCC(=O)Nc1cccc2c1C(=O)N(C1CCC(=O)NC1=O)C2=O. The largest absolute Gasteiger partial charge is 0.431 e. The third kappa shape index (κ3) is 7.28. The minimum Gasteiger partial charge on any atom is -0.431 e. The number of oxazole rings is 1. The van der Waals surface area contributed by atoms with Crippen LogP contribution in [-0.4, -0.2) is 90.1 Å². The zero-order valence-electron chi connectivity index (χ0n) is 23.3. The molecule has 6 amide bonds. The Bertz CT molecular complexity index is 1580. The number of carbonyl (C=O) groups is 6. The van der Waals surface area contributed by atoms with Crippen LogP contribution in [0.3, 0.4) is 0 Å². The minimum absolute atomic E-state index is 0.00404. The van der Waals surface area contributed by atoms with Crippen molar-refractivity contribution in [1.29, 1.82) is 0 Å². The van der Waals surface area contributed by atoms with Gasteiger partial charge < -0.3 is 19.2 Å². The molecule has 3 aromatic rings. The van der Waals surface area contributed by atoms with E-state index in [1.807, 2.05) is 18.2 Å². The number of carbonyl (C=O) groups excluding carboxylic acids is 6. The number of rotatable bonds is 14. The van der Waals surface area contributed by atoms with Crippen LogP contribution in [0, 0.1) is 0 Å². The van der Waals surface area contributed by atoms with Gasteiger partial charge >= 0.3 is 0 Å². The number of aromatic nitrogens is 1. The molecule has 2 aromatic carbocycles. The van der Waals surface area contributed by atoms with Gasteiger partial charge in [-0.15, -0.1) is 0 Å². The zero-order chi connectivity index (χ0) is 31.1. The van der Waals surface area contributed by atoms with E-state index >= 15 is 0 Å². The van der Waals surface area contributed by atoms with Crippen molar-refractivity contribution < 1.29 is 42.7 Å². The fraction of sp³-hybridized carbons (Fsp3) is 0.321. The molecule has 0 radical (unpaired) electrons. The maximum Gasteiger partial charge on any atom is 0.264 e. The highest BCUT2D eigenvalue weighted by molar-refractivity contribution is 7.99. The van der Waals surface area contributed by atoms with E-state index in [1.54, 1.807) is 6.07 Å². The Hall–Kier alpha value is -4.64. The summed E-state index contributed by atoms with van der Waals surface area (Å²) >= 11 is 1.18. The molecular weight excluding hydrogens is 596 g/mol. The maximum atomic E-state index is 13.1. The highest BCUT2D eigenvalue weighted by atomic mass is 32.2. The van der Waals surface area contributed by atoms with Crippen molar-refractivity contribution in [3.05, 3.63) is 53.6 Å². The van der Waals surface area contributed by atoms with Gasteiger partial charge in [-0.25, -0.2) is 10.4 Å². The second-order valence-electron chi connectivity index (χ2n) is 9.60. The summed E-state index contributed by atoms with van der Waals surface area (Å²) in [7, 11) is 0. The average Bonchev–Trinajstić information content (AvgIpc) is 3.53. The molecule has 0 aliphatic carbocycles. The van der Waals surface area contributed by atoms with Crippen molar-refractivity contribution in [3.8, 4) is 0 Å². The normalized spacial score (nSPS) is 16.3. The first-order valence-corrected chi connectivity index (χ1v) is 14.6. The zero-order valence-corrected chi connectivity index (χ0v) is 24.1. The number of benzene rings is 2. The number of anilines is 1. The van der Waals surface area contributed by atoms with E-state index in [-0.39, 0.29) is 67.7 Å². The Morgan fingerprint density at radius 2 is 1.82 bits per heavy atom. The van der Waals surface area contributed by atoms with Crippen LogP contribution in [0.5, 0.6) is 0 Å². The maximum absolute atomic E-state index is 13.1. The molecule has 15 nitrogen and oxygen atoms in total. The number of piperidine rings is 1. The van der Waals surface area contributed by atoms with Gasteiger partial charge in [0.1, 0.15) is 18.2 Å². The third-order valence-electron chi connectivity index (χ3n) is 6.55. The van der Waals surface area contributed by atoms with E-state index in [4.69, 9.17) is 13.9 Å². The summed E-state index contributed by atoms with van der Waals surface area (Å²) in [4.78, 5) is 79.3. The summed E-state index contributed by atoms with van der Waals surface area (Å²) in [6, 6.07) is 10.6. The number of imide groups is 2. The van der Waals surface area contributed by atoms with Crippen LogP contribution < -0.4 is 21.5 Å². The molecule has 16 heteroatoms. The van der Waals surface area contributed by atoms with Crippen molar-refractivity contribution in [2.45, 2.75) is 24.1 Å². The number of ether oxygens (including phenoxy) is 2. The van der Waals surface area contributed by atoms with E-state index in [0.717, 1.165) is 10.4 Å². The number of nitrogens with zero attached hydrogens (tertiary/aromatic N) is 2. The van der Waals surface area contributed by atoms with Crippen molar-refractivity contribution in [3.63, 3.8) is 0 Å². The number of hydrogen-bond acceptors (Lipinski definition) is 12. The first kappa shape index (κ1) is 30.8. The Labute approximate surface area is 254 Å². The Morgan fingerprint density at radius 1 is 1.00 bits per heavy atom. The van der Waals surface area contributed by atoms with Gasteiger partial charge in [0.05, 0.1) is 42.4 Å². The Balaban J connectivity index is 0.954. The second-order valence-corrected chi connectivity index (χ2v) is 10.5. The predicted octanol–water partition coefficient (Wildman–Crippen LogP) is 0.614.